The molecular weight excluding hydrogens is 594 g/mol. The third-order valence-electron chi connectivity index (χ3n) is 9.24. The van der Waals surface area contributed by atoms with Crippen LogP contribution in [0.5, 0.6) is 0 Å². The van der Waals surface area contributed by atoms with E-state index in [4.69, 9.17) is 5.73 Å². The summed E-state index contributed by atoms with van der Waals surface area (Å²) in [7, 11) is -3.60. The van der Waals surface area contributed by atoms with Crippen molar-refractivity contribution in [1.29, 1.82) is 0 Å². The Hall–Kier alpha value is -1.76. The lowest BCUT2D eigenvalue weighted by molar-refractivity contribution is -0.141. The van der Waals surface area contributed by atoms with Gasteiger partial charge in [-0.15, -0.1) is 4.83 Å². The molecule has 12 heteroatoms. The number of rotatable bonds is 20. The maximum atomic E-state index is 13.9. The van der Waals surface area contributed by atoms with Gasteiger partial charge in [0.05, 0.1) is 17.9 Å². The highest BCUT2D eigenvalue weighted by molar-refractivity contribution is 7.89. The number of aliphatic hydroxyl groups is 1. The van der Waals surface area contributed by atoms with Crippen molar-refractivity contribution in [3.05, 3.63) is 0 Å². The predicted octanol–water partition coefficient (Wildman–Crippen LogP) is 3.56. The van der Waals surface area contributed by atoms with E-state index in [9.17, 15) is 27.9 Å². The van der Waals surface area contributed by atoms with Gasteiger partial charge in [-0.1, -0.05) is 73.1 Å². The first-order chi connectivity index (χ1) is 21.3. The molecule has 0 aliphatic heterocycles. The van der Waals surface area contributed by atoms with E-state index in [1.54, 1.807) is 5.01 Å². The van der Waals surface area contributed by atoms with Crippen LogP contribution >= 0.6 is 0 Å². The van der Waals surface area contributed by atoms with E-state index in [2.05, 4.69) is 10.1 Å². The summed E-state index contributed by atoms with van der Waals surface area (Å²) < 4.78 is 25.6. The summed E-state index contributed by atoms with van der Waals surface area (Å²) >= 11 is 0. The highest BCUT2D eigenvalue weighted by Crippen LogP contribution is 2.35. The van der Waals surface area contributed by atoms with Crippen molar-refractivity contribution < 1.29 is 27.9 Å². The Morgan fingerprint density at radius 3 is 2.04 bits per heavy atom. The van der Waals surface area contributed by atoms with E-state index in [-0.39, 0.29) is 36.5 Å². The van der Waals surface area contributed by atoms with Gasteiger partial charge in [0.2, 0.25) is 27.7 Å². The first-order valence-electron chi connectivity index (χ1n) is 17.6. The molecule has 0 heterocycles. The van der Waals surface area contributed by atoms with Crippen LogP contribution in [0.15, 0.2) is 0 Å². The number of carbonyl (C=O) groups excluding carboxylic acids is 3. The number of nitrogens with one attached hydrogen (secondary N) is 2. The molecule has 5 N–H and O–H groups in total. The normalized spacial score (nSPS) is 22.7. The van der Waals surface area contributed by atoms with E-state index in [1.165, 1.54) is 6.42 Å². The third kappa shape index (κ3) is 13.9. The molecule has 5 unspecified atom stereocenters. The van der Waals surface area contributed by atoms with E-state index in [0.29, 0.717) is 44.8 Å². The number of sulfonamides is 1. The molecule has 0 aromatic rings. The Morgan fingerprint density at radius 1 is 0.889 bits per heavy atom. The molecule has 2 rings (SSSR count). The molecule has 2 saturated carbocycles. The maximum absolute atomic E-state index is 13.9. The van der Waals surface area contributed by atoms with Gasteiger partial charge in [-0.3, -0.25) is 14.4 Å². The van der Waals surface area contributed by atoms with E-state index in [0.717, 1.165) is 51.4 Å². The molecule has 0 radical (unpaired) electrons. The van der Waals surface area contributed by atoms with Crippen molar-refractivity contribution in [3.63, 3.8) is 0 Å². The number of hydrogen-bond donors (Lipinski definition) is 4. The average molecular weight is 658 g/mol. The number of hydrogen-bond acceptors (Lipinski definition) is 7. The van der Waals surface area contributed by atoms with Crippen LogP contribution in [0.1, 0.15) is 118 Å². The van der Waals surface area contributed by atoms with Crippen LogP contribution in [0.3, 0.4) is 0 Å². The maximum Gasteiger partial charge on any atom is 0.225 e. The fourth-order valence-corrected chi connectivity index (χ4v) is 8.55. The second-order valence-corrected chi connectivity index (χ2v) is 15.8. The Kier molecular flexibility index (Phi) is 17.3. The first-order valence-corrected chi connectivity index (χ1v) is 19.3. The molecule has 0 bridgehead atoms. The standard InChI is InChI=1S/C33H63N5O6S/c1-6-9-17-38(36-45(43,44)23-24(4)5)22-30(39)29(18-25-13-11-10-12-14-25)35-32(41)27-19-26(31(34)40)20-28(21-27)33(42)37(15-7-2)16-8-3/h24-30,36,39H,6-23H2,1-5H3,(H2,34,40)(H,35,41). The lowest BCUT2D eigenvalue weighted by Crippen LogP contribution is -2.55. The van der Waals surface area contributed by atoms with Gasteiger partial charge >= 0.3 is 0 Å². The molecule has 3 amide bonds. The van der Waals surface area contributed by atoms with Crippen LogP contribution in [-0.2, 0) is 24.4 Å². The molecule has 11 nitrogen and oxygen atoms in total. The fraction of sp³-hybridized carbons (Fsp3) is 0.909. The minimum atomic E-state index is -3.60. The largest absolute Gasteiger partial charge is 0.390 e. The van der Waals surface area contributed by atoms with Gasteiger partial charge in [0, 0.05) is 43.9 Å². The fourth-order valence-electron chi connectivity index (χ4n) is 7.04. The number of primary amides is 1. The molecule has 0 saturated heterocycles. The van der Waals surface area contributed by atoms with Crippen molar-refractivity contribution in [2.75, 3.05) is 31.9 Å². The van der Waals surface area contributed by atoms with Crippen molar-refractivity contribution >= 4 is 27.7 Å². The average Bonchev–Trinajstić information content (AvgIpc) is 2.98. The van der Waals surface area contributed by atoms with Crippen LogP contribution in [0.2, 0.25) is 0 Å². The minimum absolute atomic E-state index is 0.0233. The van der Waals surface area contributed by atoms with Crippen molar-refractivity contribution in [3.8, 4) is 0 Å². The quantitative estimate of drug-likeness (QED) is 0.146. The van der Waals surface area contributed by atoms with Gasteiger partial charge < -0.3 is 21.1 Å². The molecule has 2 aliphatic rings. The molecule has 262 valence electrons. The number of hydrazine groups is 1. The zero-order valence-corrected chi connectivity index (χ0v) is 29.5. The van der Waals surface area contributed by atoms with Crippen LogP contribution < -0.4 is 15.9 Å². The Labute approximate surface area is 272 Å². The number of nitrogens with two attached hydrogens (primary N) is 1. The van der Waals surface area contributed by atoms with Gasteiger partial charge in [0.25, 0.3) is 0 Å². The summed E-state index contributed by atoms with van der Waals surface area (Å²) in [5.74, 6) is -2.16. The SMILES string of the molecule is CCCCN(CC(O)C(CC1CCCCC1)NC(=O)C1CC(C(N)=O)CC(C(=O)N(CCC)CCC)C1)NS(=O)(=O)CC(C)C. The monoisotopic (exact) mass is 657 g/mol. The number of amides is 3. The lowest BCUT2D eigenvalue weighted by atomic mass is 9.73. The number of nitrogens with zero attached hydrogens (tertiary/aromatic N) is 2. The van der Waals surface area contributed by atoms with E-state index >= 15 is 0 Å². The molecule has 2 fully saturated rings. The predicted molar refractivity (Wildman–Crippen MR) is 178 cm³/mol. The molecule has 0 aromatic heterocycles. The molecule has 2 aliphatic carbocycles. The summed E-state index contributed by atoms with van der Waals surface area (Å²) in [6.07, 6.45) is 9.21. The summed E-state index contributed by atoms with van der Waals surface area (Å²) in [6, 6.07) is -0.598. The zero-order valence-electron chi connectivity index (χ0n) is 28.6. The molecule has 45 heavy (non-hydrogen) atoms. The Morgan fingerprint density at radius 2 is 1.49 bits per heavy atom. The lowest BCUT2D eigenvalue weighted by Gasteiger charge is -2.37. The van der Waals surface area contributed by atoms with Crippen LogP contribution in [-0.4, -0.2) is 85.2 Å². The third-order valence-corrected chi connectivity index (χ3v) is 10.9. The van der Waals surface area contributed by atoms with Crippen LogP contribution in [0.25, 0.3) is 0 Å². The molecule has 0 spiro atoms. The first kappa shape index (κ1) is 39.4. The van der Waals surface area contributed by atoms with Gasteiger partial charge in [-0.05, 0) is 56.8 Å². The van der Waals surface area contributed by atoms with Crippen molar-refractivity contribution in [2.45, 2.75) is 130 Å². The number of unbranched alkanes of at least 4 members (excludes halogenated alkanes) is 1. The highest BCUT2D eigenvalue weighted by Gasteiger charge is 2.40. The Balaban J connectivity index is 2.26. The smallest absolute Gasteiger partial charge is 0.225 e. The second kappa shape index (κ2) is 19.8. The van der Waals surface area contributed by atoms with E-state index in [1.807, 2.05) is 39.5 Å². The van der Waals surface area contributed by atoms with Gasteiger partial charge in [0.1, 0.15) is 0 Å². The molecular formula is C33H63N5O6S. The number of carbonyl (C=O) groups is 3. The minimum Gasteiger partial charge on any atom is -0.390 e. The topological polar surface area (TPSA) is 162 Å². The summed E-state index contributed by atoms with van der Waals surface area (Å²) in [5.41, 5.74) is 5.74. The van der Waals surface area contributed by atoms with Gasteiger partial charge in [0.15, 0.2) is 0 Å². The molecule has 0 aromatic carbocycles. The van der Waals surface area contributed by atoms with Gasteiger partial charge in [-0.25, -0.2) is 13.4 Å². The molecule has 5 atom stereocenters. The van der Waals surface area contributed by atoms with Crippen molar-refractivity contribution in [1.82, 2.24) is 20.1 Å². The second-order valence-electron chi connectivity index (χ2n) is 14.0. The van der Waals surface area contributed by atoms with Crippen molar-refractivity contribution in [2.24, 2.45) is 35.3 Å². The van der Waals surface area contributed by atoms with Crippen LogP contribution in [0.4, 0.5) is 0 Å². The van der Waals surface area contributed by atoms with E-state index < -0.39 is 45.8 Å². The van der Waals surface area contributed by atoms with Crippen LogP contribution in [0, 0.1) is 29.6 Å². The highest BCUT2D eigenvalue weighted by atomic mass is 32.2. The summed E-state index contributed by atoms with van der Waals surface area (Å²) in [5, 5.41) is 16.3. The zero-order chi connectivity index (χ0) is 33.6. The summed E-state index contributed by atoms with van der Waals surface area (Å²) in [4.78, 5) is 44.3. The summed E-state index contributed by atoms with van der Waals surface area (Å²) in [6.45, 7) is 11.5. The number of aliphatic hydroxyl groups excluding tert-OH is 1. The Bertz CT molecular complexity index is 1010. The van der Waals surface area contributed by atoms with Gasteiger partial charge in [-0.2, -0.15) is 0 Å².